The summed E-state index contributed by atoms with van der Waals surface area (Å²) < 4.78 is 18.2. The minimum atomic E-state index is -0.240. The van der Waals surface area contributed by atoms with Gasteiger partial charge in [-0.15, -0.1) is 0 Å². The van der Waals surface area contributed by atoms with Gasteiger partial charge in [0.15, 0.2) is 11.5 Å². The van der Waals surface area contributed by atoms with Crippen LogP contribution in [0.1, 0.15) is 30.1 Å². The van der Waals surface area contributed by atoms with Crippen molar-refractivity contribution in [3.8, 4) is 0 Å². The summed E-state index contributed by atoms with van der Waals surface area (Å²) in [6.07, 6.45) is 5.28. The maximum Gasteiger partial charge on any atom is 0.248 e. The molecule has 0 N–H and O–H groups in total. The Morgan fingerprint density at radius 3 is 2.92 bits per heavy atom. The predicted octanol–water partition coefficient (Wildman–Crippen LogP) is 1.87. The lowest BCUT2D eigenvalue weighted by atomic mass is 9.80. The standard InChI is InChI=1S/C17H21N5O3/c1-12-7-13-9-19-22(15(13)18-8-12)10-14-20-16(21-25-14)17(11-23-2)3-5-24-6-4-17/h7-9H,3-6,10-11H2,1-2H3. The van der Waals surface area contributed by atoms with E-state index in [9.17, 15) is 0 Å². The van der Waals surface area contributed by atoms with Crippen molar-refractivity contribution in [1.82, 2.24) is 24.9 Å². The normalized spacial score (nSPS) is 17.2. The smallest absolute Gasteiger partial charge is 0.248 e. The third-order valence-corrected chi connectivity index (χ3v) is 4.71. The van der Waals surface area contributed by atoms with Crippen LogP contribution in [-0.2, 0) is 21.4 Å². The Labute approximate surface area is 145 Å². The molecule has 8 heteroatoms. The van der Waals surface area contributed by atoms with Gasteiger partial charge in [-0.3, -0.25) is 0 Å². The van der Waals surface area contributed by atoms with E-state index >= 15 is 0 Å². The van der Waals surface area contributed by atoms with E-state index in [1.165, 1.54) is 0 Å². The lowest BCUT2D eigenvalue weighted by molar-refractivity contribution is 0.00915. The van der Waals surface area contributed by atoms with Crippen LogP contribution in [0.15, 0.2) is 23.0 Å². The zero-order valence-corrected chi connectivity index (χ0v) is 14.4. The van der Waals surface area contributed by atoms with Gasteiger partial charge in [0, 0.05) is 31.9 Å². The monoisotopic (exact) mass is 343 g/mol. The van der Waals surface area contributed by atoms with Gasteiger partial charge in [-0.25, -0.2) is 9.67 Å². The zero-order chi connectivity index (χ0) is 17.3. The molecule has 0 aromatic carbocycles. The van der Waals surface area contributed by atoms with Crippen molar-refractivity contribution in [2.24, 2.45) is 0 Å². The first kappa shape index (κ1) is 16.2. The van der Waals surface area contributed by atoms with Gasteiger partial charge in [-0.1, -0.05) is 5.16 Å². The molecule has 4 heterocycles. The van der Waals surface area contributed by atoms with E-state index in [-0.39, 0.29) is 5.41 Å². The van der Waals surface area contributed by atoms with Crippen molar-refractivity contribution in [3.63, 3.8) is 0 Å². The van der Waals surface area contributed by atoms with E-state index in [0.717, 1.165) is 29.4 Å². The molecule has 0 radical (unpaired) electrons. The van der Waals surface area contributed by atoms with Crippen molar-refractivity contribution in [1.29, 1.82) is 0 Å². The molecule has 0 saturated carbocycles. The number of fused-ring (bicyclic) bond motifs is 1. The molecule has 25 heavy (non-hydrogen) atoms. The van der Waals surface area contributed by atoms with Crippen molar-refractivity contribution in [2.45, 2.75) is 31.7 Å². The first-order valence-corrected chi connectivity index (χ1v) is 8.38. The molecule has 1 saturated heterocycles. The van der Waals surface area contributed by atoms with Crippen LogP contribution in [0.3, 0.4) is 0 Å². The fourth-order valence-electron chi connectivity index (χ4n) is 3.33. The largest absolute Gasteiger partial charge is 0.384 e. The number of nitrogens with zero attached hydrogens (tertiary/aromatic N) is 5. The quantitative estimate of drug-likeness (QED) is 0.698. The van der Waals surface area contributed by atoms with Gasteiger partial charge in [-0.2, -0.15) is 10.1 Å². The number of pyridine rings is 1. The number of hydrogen-bond acceptors (Lipinski definition) is 7. The van der Waals surface area contributed by atoms with E-state index in [1.54, 1.807) is 18.0 Å². The molecule has 1 aliphatic rings. The summed E-state index contributed by atoms with van der Waals surface area (Å²) in [5, 5.41) is 9.61. The summed E-state index contributed by atoms with van der Waals surface area (Å²) in [5.41, 5.74) is 1.67. The molecular weight excluding hydrogens is 322 g/mol. The number of methoxy groups -OCH3 is 1. The molecule has 1 aliphatic heterocycles. The van der Waals surface area contributed by atoms with Gasteiger partial charge in [0.25, 0.3) is 0 Å². The molecule has 3 aromatic heterocycles. The van der Waals surface area contributed by atoms with Crippen LogP contribution >= 0.6 is 0 Å². The summed E-state index contributed by atoms with van der Waals surface area (Å²) in [4.78, 5) is 9.07. The summed E-state index contributed by atoms with van der Waals surface area (Å²) in [7, 11) is 1.70. The third-order valence-electron chi connectivity index (χ3n) is 4.71. The highest BCUT2D eigenvalue weighted by Crippen LogP contribution is 2.33. The highest BCUT2D eigenvalue weighted by atomic mass is 16.5. The van der Waals surface area contributed by atoms with E-state index in [1.807, 2.05) is 13.1 Å². The average molecular weight is 343 g/mol. The zero-order valence-electron chi connectivity index (χ0n) is 14.4. The Morgan fingerprint density at radius 2 is 2.12 bits per heavy atom. The van der Waals surface area contributed by atoms with Gasteiger partial charge < -0.3 is 14.0 Å². The molecular formula is C17H21N5O3. The molecule has 0 amide bonds. The van der Waals surface area contributed by atoms with Crippen LogP contribution < -0.4 is 0 Å². The molecule has 0 atom stereocenters. The van der Waals surface area contributed by atoms with E-state index in [2.05, 4.69) is 26.3 Å². The van der Waals surface area contributed by atoms with Crippen LogP contribution in [0.2, 0.25) is 0 Å². The highest BCUT2D eigenvalue weighted by Gasteiger charge is 2.39. The Balaban J connectivity index is 1.60. The summed E-state index contributed by atoms with van der Waals surface area (Å²) in [6.45, 7) is 4.32. The molecule has 0 spiro atoms. The van der Waals surface area contributed by atoms with Crippen LogP contribution in [0, 0.1) is 6.92 Å². The maximum absolute atomic E-state index is 5.49. The number of aromatic nitrogens is 5. The van der Waals surface area contributed by atoms with Gasteiger partial charge in [0.05, 0.1) is 18.2 Å². The van der Waals surface area contributed by atoms with Crippen molar-refractivity contribution in [2.75, 3.05) is 26.9 Å². The minimum Gasteiger partial charge on any atom is -0.384 e. The summed E-state index contributed by atoms with van der Waals surface area (Å²) in [6, 6.07) is 2.06. The second-order valence-corrected chi connectivity index (χ2v) is 6.57. The first-order valence-electron chi connectivity index (χ1n) is 8.38. The SMILES string of the molecule is COCC1(c2noc(Cn3ncc4cc(C)cnc43)n2)CCOCC1. The second kappa shape index (κ2) is 6.53. The topological polar surface area (TPSA) is 88.1 Å². The predicted molar refractivity (Wildman–Crippen MR) is 89.3 cm³/mol. The second-order valence-electron chi connectivity index (χ2n) is 6.57. The average Bonchev–Trinajstić information content (AvgIpc) is 3.24. The Kier molecular flexibility index (Phi) is 4.22. The van der Waals surface area contributed by atoms with Crippen molar-refractivity contribution >= 4 is 11.0 Å². The van der Waals surface area contributed by atoms with Crippen LogP contribution in [0.4, 0.5) is 0 Å². The van der Waals surface area contributed by atoms with Gasteiger partial charge in [0.1, 0.15) is 6.54 Å². The molecule has 3 aromatic rings. The Morgan fingerprint density at radius 1 is 1.28 bits per heavy atom. The fraction of sp³-hybridized carbons (Fsp3) is 0.529. The molecule has 8 nitrogen and oxygen atoms in total. The minimum absolute atomic E-state index is 0.240. The highest BCUT2D eigenvalue weighted by molar-refractivity contribution is 5.74. The van der Waals surface area contributed by atoms with Gasteiger partial charge in [-0.05, 0) is 31.4 Å². The lowest BCUT2D eigenvalue weighted by Crippen LogP contribution is -2.39. The summed E-state index contributed by atoms with van der Waals surface area (Å²) in [5.74, 6) is 1.21. The van der Waals surface area contributed by atoms with Gasteiger partial charge >= 0.3 is 0 Å². The Bertz CT molecular complexity index is 861. The molecule has 4 rings (SSSR count). The number of ether oxygens (including phenoxy) is 2. The number of aryl methyl sites for hydroxylation is 1. The Hall–Kier alpha value is -2.32. The first-order chi connectivity index (χ1) is 12.2. The lowest BCUT2D eigenvalue weighted by Gasteiger charge is -2.33. The van der Waals surface area contributed by atoms with E-state index in [0.29, 0.717) is 38.1 Å². The molecule has 0 unspecified atom stereocenters. The van der Waals surface area contributed by atoms with E-state index in [4.69, 9.17) is 14.0 Å². The molecule has 0 aliphatic carbocycles. The van der Waals surface area contributed by atoms with Crippen molar-refractivity contribution < 1.29 is 14.0 Å². The maximum atomic E-state index is 5.49. The summed E-state index contributed by atoms with van der Waals surface area (Å²) >= 11 is 0. The van der Waals surface area contributed by atoms with Crippen LogP contribution in [-0.4, -0.2) is 51.8 Å². The molecule has 1 fully saturated rings. The fourth-order valence-corrected chi connectivity index (χ4v) is 3.33. The molecule has 132 valence electrons. The van der Waals surface area contributed by atoms with Crippen LogP contribution in [0.5, 0.6) is 0 Å². The van der Waals surface area contributed by atoms with Crippen LogP contribution in [0.25, 0.3) is 11.0 Å². The molecule has 0 bridgehead atoms. The number of rotatable bonds is 5. The van der Waals surface area contributed by atoms with Gasteiger partial charge in [0.2, 0.25) is 5.89 Å². The number of hydrogen-bond donors (Lipinski definition) is 0. The third kappa shape index (κ3) is 3.03. The van der Waals surface area contributed by atoms with E-state index < -0.39 is 0 Å². The van der Waals surface area contributed by atoms with Crippen molar-refractivity contribution in [3.05, 3.63) is 35.7 Å².